The Morgan fingerprint density at radius 2 is 2.08 bits per heavy atom. The van der Waals surface area contributed by atoms with Gasteiger partial charge in [0.2, 0.25) is 11.8 Å². The molecule has 0 saturated heterocycles. The minimum absolute atomic E-state index is 0.0707. The smallest absolute Gasteiger partial charge is 0.230 e. The number of halogens is 1. The molecule has 1 unspecified atom stereocenters. The minimum atomic E-state index is -0.505. The average Bonchev–Trinajstić information content (AvgIpc) is 2.62. The highest BCUT2D eigenvalue weighted by atomic mass is 19.1. The molecule has 5 nitrogen and oxygen atoms in total. The van der Waals surface area contributed by atoms with E-state index in [1.54, 1.807) is 35.4 Å². The number of rotatable bonds is 4. The highest BCUT2D eigenvalue weighted by Crippen LogP contribution is 2.26. The first kappa shape index (κ1) is 17.1. The second-order valence-electron chi connectivity index (χ2n) is 6.13. The molecule has 1 aliphatic rings. The predicted molar refractivity (Wildman–Crippen MR) is 91.2 cm³/mol. The van der Waals surface area contributed by atoms with Crippen molar-refractivity contribution >= 4 is 11.8 Å². The number of carbonyl (C=O) groups excluding carboxylic acids is 2. The number of nitrogens with one attached hydrogen (secondary N) is 1. The number of pyridine rings is 1. The van der Waals surface area contributed by atoms with Crippen LogP contribution in [0.3, 0.4) is 0 Å². The molecule has 2 heterocycles. The summed E-state index contributed by atoms with van der Waals surface area (Å²) in [7, 11) is 0. The highest BCUT2D eigenvalue weighted by molar-refractivity contribution is 5.85. The van der Waals surface area contributed by atoms with E-state index in [9.17, 15) is 14.0 Å². The standard InChI is InChI=1S/C19H20FN3O2/c1-13(24)23-11-15-6-4-9-21-18(15)16(12-23)19(25)22-10-8-14-5-2-3-7-17(14)20/h2-7,9,16H,8,10-12H2,1H3,(H,22,25). The molecule has 2 aromatic rings. The van der Waals surface area contributed by atoms with Crippen molar-refractivity contribution in [1.29, 1.82) is 0 Å². The van der Waals surface area contributed by atoms with Crippen molar-refractivity contribution in [2.24, 2.45) is 0 Å². The van der Waals surface area contributed by atoms with E-state index in [1.807, 2.05) is 6.07 Å². The van der Waals surface area contributed by atoms with Crippen molar-refractivity contribution in [3.8, 4) is 0 Å². The van der Waals surface area contributed by atoms with Gasteiger partial charge < -0.3 is 10.2 Å². The molecule has 3 rings (SSSR count). The van der Waals surface area contributed by atoms with Crippen LogP contribution in [0.2, 0.25) is 0 Å². The molecule has 1 aromatic heterocycles. The number of carbonyl (C=O) groups is 2. The van der Waals surface area contributed by atoms with E-state index >= 15 is 0 Å². The van der Waals surface area contributed by atoms with Crippen LogP contribution in [0.25, 0.3) is 0 Å². The summed E-state index contributed by atoms with van der Waals surface area (Å²) in [5, 5.41) is 2.84. The first-order valence-electron chi connectivity index (χ1n) is 8.26. The van der Waals surface area contributed by atoms with Crippen LogP contribution in [0, 0.1) is 5.82 Å². The fourth-order valence-corrected chi connectivity index (χ4v) is 3.07. The number of nitrogens with zero attached hydrogens (tertiary/aromatic N) is 2. The monoisotopic (exact) mass is 341 g/mol. The van der Waals surface area contributed by atoms with Gasteiger partial charge >= 0.3 is 0 Å². The number of aromatic nitrogens is 1. The molecule has 25 heavy (non-hydrogen) atoms. The molecule has 1 N–H and O–H groups in total. The maximum Gasteiger partial charge on any atom is 0.230 e. The Kier molecular flexibility index (Phi) is 5.07. The molecule has 0 saturated carbocycles. The third-order valence-electron chi connectivity index (χ3n) is 4.43. The van der Waals surface area contributed by atoms with Crippen LogP contribution in [-0.2, 0) is 22.6 Å². The van der Waals surface area contributed by atoms with E-state index in [2.05, 4.69) is 10.3 Å². The molecular weight excluding hydrogens is 321 g/mol. The zero-order chi connectivity index (χ0) is 17.8. The minimum Gasteiger partial charge on any atom is -0.355 e. The molecule has 0 bridgehead atoms. The number of fused-ring (bicyclic) bond motifs is 1. The summed E-state index contributed by atoms with van der Waals surface area (Å²) < 4.78 is 13.6. The maximum atomic E-state index is 13.6. The maximum absolute atomic E-state index is 13.6. The highest BCUT2D eigenvalue weighted by Gasteiger charge is 2.32. The topological polar surface area (TPSA) is 62.3 Å². The van der Waals surface area contributed by atoms with Crippen molar-refractivity contribution in [3.05, 3.63) is 65.2 Å². The second kappa shape index (κ2) is 7.42. The van der Waals surface area contributed by atoms with E-state index in [-0.39, 0.29) is 17.6 Å². The third-order valence-corrected chi connectivity index (χ3v) is 4.43. The Balaban J connectivity index is 1.68. The van der Waals surface area contributed by atoms with Crippen molar-refractivity contribution in [3.63, 3.8) is 0 Å². The van der Waals surface area contributed by atoms with E-state index < -0.39 is 5.92 Å². The van der Waals surface area contributed by atoms with Gasteiger partial charge in [-0.1, -0.05) is 24.3 Å². The van der Waals surface area contributed by atoms with Gasteiger partial charge in [-0.05, 0) is 29.7 Å². The van der Waals surface area contributed by atoms with Gasteiger partial charge in [-0.15, -0.1) is 0 Å². The molecule has 0 radical (unpaired) electrons. The largest absolute Gasteiger partial charge is 0.355 e. The van der Waals surface area contributed by atoms with E-state index in [0.717, 1.165) is 5.56 Å². The molecule has 0 fully saturated rings. The van der Waals surface area contributed by atoms with Gasteiger partial charge in [0.1, 0.15) is 5.82 Å². The second-order valence-corrected chi connectivity index (χ2v) is 6.13. The first-order chi connectivity index (χ1) is 12.1. The lowest BCUT2D eigenvalue weighted by molar-refractivity contribution is -0.131. The zero-order valence-corrected chi connectivity index (χ0v) is 14.0. The SMILES string of the molecule is CC(=O)N1Cc2cccnc2C(C(=O)NCCc2ccccc2F)C1. The van der Waals surface area contributed by atoms with E-state index in [4.69, 9.17) is 0 Å². The number of hydrogen-bond acceptors (Lipinski definition) is 3. The van der Waals surface area contributed by atoms with Crippen LogP contribution in [0.15, 0.2) is 42.6 Å². The number of amides is 2. The summed E-state index contributed by atoms with van der Waals surface area (Å²) in [6.07, 6.45) is 2.07. The Morgan fingerprint density at radius 3 is 2.84 bits per heavy atom. The summed E-state index contributed by atoms with van der Waals surface area (Å²) in [4.78, 5) is 30.3. The lowest BCUT2D eigenvalue weighted by Crippen LogP contribution is -2.43. The molecule has 6 heteroatoms. The Hall–Kier alpha value is -2.76. The van der Waals surface area contributed by atoms with Gasteiger partial charge in [0.25, 0.3) is 0 Å². The van der Waals surface area contributed by atoms with Crippen molar-refractivity contribution in [2.75, 3.05) is 13.1 Å². The molecule has 1 atom stereocenters. The molecule has 0 aliphatic carbocycles. The van der Waals surface area contributed by atoms with Crippen LogP contribution in [0.1, 0.15) is 29.7 Å². The molecule has 2 amide bonds. The van der Waals surface area contributed by atoms with Crippen molar-refractivity contribution in [2.45, 2.75) is 25.8 Å². The van der Waals surface area contributed by atoms with Crippen molar-refractivity contribution in [1.82, 2.24) is 15.2 Å². The van der Waals surface area contributed by atoms with Crippen LogP contribution >= 0.6 is 0 Å². The summed E-state index contributed by atoms with van der Waals surface area (Å²) in [5.74, 6) is -1.04. The van der Waals surface area contributed by atoms with Gasteiger partial charge in [-0.2, -0.15) is 0 Å². The normalized spacial score (nSPS) is 16.2. The van der Waals surface area contributed by atoms with Crippen LogP contribution in [-0.4, -0.2) is 34.8 Å². The lowest BCUT2D eigenvalue weighted by atomic mass is 9.93. The third kappa shape index (κ3) is 3.84. The van der Waals surface area contributed by atoms with Gasteiger partial charge in [-0.25, -0.2) is 4.39 Å². The van der Waals surface area contributed by atoms with Gasteiger partial charge in [0.05, 0.1) is 11.6 Å². The Bertz CT molecular complexity index is 794. The van der Waals surface area contributed by atoms with Crippen LogP contribution in [0.5, 0.6) is 0 Å². The summed E-state index contributed by atoms with van der Waals surface area (Å²) in [5.41, 5.74) is 2.16. The summed E-state index contributed by atoms with van der Waals surface area (Å²) >= 11 is 0. The fourth-order valence-electron chi connectivity index (χ4n) is 3.07. The number of benzene rings is 1. The summed E-state index contributed by atoms with van der Waals surface area (Å²) in [6.45, 7) is 2.61. The fraction of sp³-hybridized carbons (Fsp3) is 0.316. The van der Waals surface area contributed by atoms with Crippen molar-refractivity contribution < 1.29 is 14.0 Å². The predicted octanol–water partition coefficient (Wildman–Crippen LogP) is 2.03. The molecule has 130 valence electrons. The van der Waals surface area contributed by atoms with Crippen LogP contribution in [0.4, 0.5) is 4.39 Å². The Labute approximate surface area is 145 Å². The molecule has 1 aliphatic heterocycles. The lowest BCUT2D eigenvalue weighted by Gasteiger charge is -2.32. The molecular formula is C19H20FN3O2. The summed E-state index contributed by atoms with van der Waals surface area (Å²) in [6, 6.07) is 10.2. The number of hydrogen-bond donors (Lipinski definition) is 1. The molecule has 0 spiro atoms. The quantitative estimate of drug-likeness (QED) is 0.925. The van der Waals surface area contributed by atoms with Crippen LogP contribution < -0.4 is 5.32 Å². The van der Waals surface area contributed by atoms with Gasteiger partial charge in [-0.3, -0.25) is 14.6 Å². The van der Waals surface area contributed by atoms with E-state index in [0.29, 0.717) is 37.3 Å². The van der Waals surface area contributed by atoms with Gasteiger partial charge in [0.15, 0.2) is 0 Å². The average molecular weight is 341 g/mol. The van der Waals surface area contributed by atoms with E-state index in [1.165, 1.54) is 13.0 Å². The Morgan fingerprint density at radius 1 is 1.28 bits per heavy atom. The first-order valence-corrected chi connectivity index (χ1v) is 8.26. The van der Waals surface area contributed by atoms with Gasteiger partial charge in [0, 0.05) is 32.8 Å². The molecule has 1 aromatic carbocycles. The zero-order valence-electron chi connectivity index (χ0n) is 14.0.